The summed E-state index contributed by atoms with van der Waals surface area (Å²) in [4.78, 5) is 17.6. The van der Waals surface area contributed by atoms with Crippen molar-refractivity contribution in [1.29, 1.82) is 0 Å². The Morgan fingerprint density at radius 2 is 2.26 bits per heavy atom. The molecule has 0 radical (unpaired) electrons. The third-order valence-corrected chi connectivity index (χ3v) is 3.63. The van der Waals surface area contributed by atoms with Crippen molar-refractivity contribution in [2.24, 2.45) is 5.73 Å². The summed E-state index contributed by atoms with van der Waals surface area (Å²) < 4.78 is 0. The van der Waals surface area contributed by atoms with Crippen molar-refractivity contribution < 1.29 is 9.90 Å². The lowest BCUT2D eigenvalue weighted by atomic mass is 10.1. The van der Waals surface area contributed by atoms with E-state index in [1.165, 1.54) is 0 Å². The number of carbonyl (C=O) groups is 1. The van der Waals surface area contributed by atoms with Crippen molar-refractivity contribution in [3.05, 3.63) is 23.9 Å². The van der Waals surface area contributed by atoms with Gasteiger partial charge < -0.3 is 15.7 Å². The van der Waals surface area contributed by atoms with Gasteiger partial charge in [0.25, 0.3) is 0 Å². The number of hydrogen-bond donors (Lipinski definition) is 2. The zero-order chi connectivity index (χ0) is 13.8. The van der Waals surface area contributed by atoms with Gasteiger partial charge in [-0.05, 0) is 25.8 Å². The molecule has 104 valence electrons. The second kappa shape index (κ2) is 6.02. The Bertz CT molecular complexity index is 442. The molecule has 1 fully saturated rings. The van der Waals surface area contributed by atoms with E-state index < -0.39 is 6.10 Å². The average molecular weight is 263 g/mol. The van der Waals surface area contributed by atoms with E-state index in [0.29, 0.717) is 11.9 Å². The van der Waals surface area contributed by atoms with Gasteiger partial charge in [0.05, 0.1) is 12.6 Å². The maximum Gasteiger partial charge on any atom is 0.237 e. The highest BCUT2D eigenvalue weighted by Crippen LogP contribution is 2.31. The van der Waals surface area contributed by atoms with Gasteiger partial charge in [0, 0.05) is 17.8 Å². The Kier molecular flexibility index (Phi) is 4.37. The van der Waals surface area contributed by atoms with Gasteiger partial charge in [-0.25, -0.2) is 4.98 Å². The largest absolute Gasteiger partial charge is 0.389 e. The molecule has 1 aliphatic carbocycles. The number of aromatic nitrogens is 1. The Balaban J connectivity index is 2.33. The fourth-order valence-corrected chi connectivity index (χ4v) is 2.74. The monoisotopic (exact) mass is 263 g/mol. The van der Waals surface area contributed by atoms with E-state index in [1.807, 2.05) is 11.0 Å². The van der Waals surface area contributed by atoms with Crippen LogP contribution in [0.2, 0.25) is 0 Å². The highest BCUT2D eigenvalue weighted by molar-refractivity contribution is 5.79. The molecule has 19 heavy (non-hydrogen) atoms. The second-order valence-electron chi connectivity index (χ2n) is 5.12. The van der Waals surface area contributed by atoms with Crippen LogP contribution in [0.15, 0.2) is 18.3 Å². The van der Waals surface area contributed by atoms with E-state index in [9.17, 15) is 9.90 Å². The summed E-state index contributed by atoms with van der Waals surface area (Å²) in [6, 6.07) is 3.93. The summed E-state index contributed by atoms with van der Waals surface area (Å²) in [6.45, 7) is 1.86. The summed E-state index contributed by atoms with van der Waals surface area (Å²) >= 11 is 0. The molecule has 3 N–H and O–H groups in total. The first-order valence-electron chi connectivity index (χ1n) is 6.77. The number of aliphatic hydroxyl groups excluding tert-OH is 1. The number of nitrogens with two attached hydrogens (primary N) is 1. The summed E-state index contributed by atoms with van der Waals surface area (Å²) in [5, 5.41) is 9.85. The second-order valence-corrected chi connectivity index (χ2v) is 5.12. The van der Waals surface area contributed by atoms with E-state index in [4.69, 9.17) is 5.73 Å². The smallest absolute Gasteiger partial charge is 0.237 e. The molecule has 5 heteroatoms. The number of aliphatic hydroxyl groups is 1. The van der Waals surface area contributed by atoms with Gasteiger partial charge in [-0.1, -0.05) is 18.9 Å². The number of amides is 1. The van der Waals surface area contributed by atoms with Crippen LogP contribution in [0.5, 0.6) is 0 Å². The fourth-order valence-electron chi connectivity index (χ4n) is 2.74. The van der Waals surface area contributed by atoms with Crippen molar-refractivity contribution in [3.63, 3.8) is 0 Å². The minimum absolute atomic E-state index is 0.154. The maximum atomic E-state index is 11.3. The minimum Gasteiger partial charge on any atom is -0.389 e. The van der Waals surface area contributed by atoms with Gasteiger partial charge >= 0.3 is 0 Å². The number of anilines is 1. The Morgan fingerprint density at radius 1 is 1.58 bits per heavy atom. The van der Waals surface area contributed by atoms with E-state index in [-0.39, 0.29) is 12.5 Å². The molecule has 0 aliphatic heterocycles. The number of rotatable bonds is 5. The molecule has 0 bridgehead atoms. The molecule has 1 heterocycles. The number of primary amides is 1. The van der Waals surface area contributed by atoms with E-state index in [1.54, 1.807) is 19.2 Å². The molecule has 1 aromatic heterocycles. The topological polar surface area (TPSA) is 79.5 Å². The lowest BCUT2D eigenvalue weighted by Gasteiger charge is -2.31. The molecular weight excluding hydrogens is 242 g/mol. The quantitative estimate of drug-likeness (QED) is 0.841. The average Bonchev–Trinajstić information content (AvgIpc) is 2.89. The number of hydrogen-bond acceptors (Lipinski definition) is 4. The fraction of sp³-hybridized carbons (Fsp3) is 0.571. The Morgan fingerprint density at radius 3 is 2.84 bits per heavy atom. The van der Waals surface area contributed by atoms with Gasteiger partial charge in [-0.2, -0.15) is 0 Å². The molecule has 1 aliphatic rings. The zero-order valence-corrected chi connectivity index (χ0v) is 11.2. The standard InChI is InChI=1S/C14H21N3O2/c1-10(18)12-7-4-8-16-14(12)17(9-13(15)19)11-5-2-3-6-11/h4,7-8,10-11,18H,2-3,5-6,9H2,1H3,(H2,15,19)/t10-/m0/s1. The lowest BCUT2D eigenvalue weighted by molar-refractivity contribution is -0.116. The third-order valence-electron chi connectivity index (χ3n) is 3.63. The Labute approximate surface area is 113 Å². The molecule has 5 nitrogen and oxygen atoms in total. The number of carbonyl (C=O) groups excluding carboxylic acids is 1. The molecule has 1 aromatic rings. The van der Waals surface area contributed by atoms with Gasteiger partial charge in [-0.3, -0.25) is 4.79 Å². The van der Waals surface area contributed by atoms with Crippen molar-refractivity contribution in [2.45, 2.75) is 44.8 Å². The highest BCUT2D eigenvalue weighted by Gasteiger charge is 2.27. The molecule has 0 saturated heterocycles. The third kappa shape index (κ3) is 3.23. The molecular formula is C14H21N3O2. The van der Waals surface area contributed by atoms with Crippen molar-refractivity contribution >= 4 is 11.7 Å². The van der Waals surface area contributed by atoms with Crippen molar-refractivity contribution in [1.82, 2.24) is 4.98 Å². The number of nitrogens with zero attached hydrogens (tertiary/aromatic N) is 2. The first-order chi connectivity index (χ1) is 9.09. The molecule has 0 spiro atoms. The highest BCUT2D eigenvalue weighted by atomic mass is 16.3. The minimum atomic E-state index is -0.611. The predicted molar refractivity (Wildman–Crippen MR) is 73.7 cm³/mol. The normalized spacial score (nSPS) is 17.4. The maximum absolute atomic E-state index is 11.3. The van der Waals surface area contributed by atoms with Gasteiger partial charge in [0.15, 0.2) is 0 Å². The molecule has 1 atom stereocenters. The summed E-state index contributed by atoms with van der Waals surface area (Å²) in [5.41, 5.74) is 6.10. The van der Waals surface area contributed by atoms with Crippen molar-refractivity contribution in [3.8, 4) is 0 Å². The van der Waals surface area contributed by atoms with Crippen molar-refractivity contribution in [2.75, 3.05) is 11.4 Å². The van der Waals surface area contributed by atoms with E-state index in [2.05, 4.69) is 4.98 Å². The van der Waals surface area contributed by atoms with Crippen LogP contribution in [-0.4, -0.2) is 28.6 Å². The van der Waals surface area contributed by atoms with Crippen LogP contribution in [-0.2, 0) is 4.79 Å². The first-order valence-corrected chi connectivity index (χ1v) is 6.77. The molecule has 1 amide bonds. The molecule has 2 rings (SSSR count). The predicted octanol–water partition coefficient (Wildman–Crippen LogP) is 1.37. The van der Waals surface area contributed by atoms with Crippen LogP contribution in [0.25, 0.3) is 0 Å². The molecule has 0 unspecified atom stereocenters. The van der Waals surface area contributed by atoms with Crippen LogP contribution >= 0.6 is 0 Å². The van der Waals surface area contributed by atoms with E-state index in [0.717, 1.165) is 31.2 Å². The van der Waals surface area contributed by atoms with Crippen LogP contribution in [0.1, 0.15) is 44.3 Å². The summed E-state index contributed by atoms with van der Waals surface area (Å²) in [7, 11) is 0. The Hall–Kier alpha value is -1.62. The lowest BCUT2D eigenvalue weighted by Crippen LogP contribution is -2.41. The molecule has 0 aromatic carbocycles. The summed E-state index contributed by atoms with van der Waals surface area (Å²) in [5.74, 6) is 0.317. The van der Waals surface area contributed by atoms with Crippen LogP contribution in [0, 0.1) is 0 Å². The summed E-state index contributed by atoms with van der Waals surface area (Å²) in [6.07, 6.45) is 5.49. The molecule has 1 saturated carbocycles. The van der Waals surface area contributed by atoms with Crippen LogP contribution in [0.4, 0.5) is 5.82 Å². The van der Waals surface area contributed by atoms with Gasteiger partial charge in [0.1, 0.15) is 5.82 Å². The SMILES string of the molecule is C[C@H](O)c1cccnc1N(CC(N)=O)C1CCCC1. The first kappa shape index (κ1) is 13.8. The van der Waals surface area contributed by atoms with Gasteiger partial charge in [0.2, 0.25) is 5.91 Å². The zero-order valence-electron chi connectivity index (χ0n) is 11.2. The van der Waals surface area contributed by atoms with Crippen LogP contribution < -0.4 is 10.6 Å². The van der Waals surface area contributed by atoms with Crippen LogP contribution in [0.3, 0.4) is 0 Å². The van der Waals surface area contributed by atoms with E-state index >= 15 is 0 Å². The number of pyridine rings is 1. The van der Waals surface area contributed by atoms with Gasteiger partial charge in [-0.15, -0.1) is 0 Å².